The molecule has 0 radical (unpaired) electrons. The maximum Gasteiger partial charge on any atom is 0.318 e. The fourth-order valence-electron chi connectivity index (χ4n) is 3.86. The molecule has 3 rings (SSSR count). The van der Waals surface area contributed by atoms with Crippen LogP contribution in [0.15, 0.2) is 24.4 Å². The number of aromatic nitrogens is 1. The summed E-state index contributed by atoms with van der Waals surface area (Å²) in [4.78, 5) is 32.6. The molecule has 1 aromatic heterocycles. The second-order valence-electron chi connectivity index (χ2n) is 7.38. The molecule has 1 N–H and O–H groups in total. The summed E-state index contributed by atoms with van der Waals surface area (Å²) in [6.07, 6.45) is 7.25. The number of carbonyl (C=O) groups is 2. The topological polar surface area (TPSA) is 74.8 Å². The van der Waals surface area contributed by atoms with Crippen molar-refractivity contribution in [3.05, 3.63) is 30.1 Å². The highest BCUT2D eigenvalue weighted by molar-refractivity contribution is 5.75. The molecule has 1 aliphatic carbocycles. The minimum Gasteiger partial charge on any atom is -0.373 e. The maximum absolute atomic E-state index is 13.0. The van der Waals surface area contributed by atoms with Crippen LogP contribution in [0.25, 0.3) is 0 Å². The van der Waals surface area contributed by atoms with Crippen LogP contribution in [-0.4, -0.2) is 65.1 Å². The van der Waals surface area contributed by atoms with E-state index in [0.29, 0.717) is 32.8 Å². The van der Waals surface area contributed by atoms with Crippen molar-refractivity contribution in [1.29, 1.82) is 0 Å². The summed E-state index contributed by atoms with van der Waals surface area (Å²) in [6.45, 7) is 4.16. The van der Waals surface area contributed by atoms with Crippen LogP contribution in [0.3, 0.4) is 0 Å². The molecule has 0 aromatic carbocycles. The second kappa shape index (κ2) is 9.69. The zero-order chi connectivity index (χ0) is 19.1. The lowest BCUT2D eigenvalue weighted by molar-refractivity contribution is -0.136. The van der Waals surface area contributed by atoms with E-state index in [1.54, 1.807) is 18.0 Å². The largest absolute Gasteiger partial charge is 0.373 e. The van der Waals surface area contributed by atoms with Gasteiger partial charge in [-0.2, -0.15) is 0 Å². The molecule has 7 nitrogen and oxygen atoms in total. The van der Waals surface area contributed by atoms with Gasteiger partial charge in [0.25, 0.3) is 0 Å². The Hall–Kier alpha value is -2.15. The van der Waals surface area contributed by atoms with Gasteiger partial charge in [0.2, 0.25) is 5.91 Å². The predicted octanol–water partition coefficient (Wildman–Crippen LogP) is 2.17. The number of nitrogens with one attached hydrogen (secondary N) is 1. The summed E-state index contributed by atoms with van der Waals surface area (Å²) >= 11 is 0. The van der Waals surface area contributed by atoms with Crippen molar-refractivity contribution >= 4 is 11.9 Å². The average Bonchev–Trinajstić information content (AvgIpc) is 2.72. The summed E-state index contributed by atoms with van der Waals surface area (Å²) in [5.74, 6) is 0.0496. The van der Waals surface area contributed by atoms with Gasteiger partial charge in [0.1, 0.15) is 0 Å². The highest BCUT2D eigenvalue weighted by Gasteiger charge is 2.28. The summed E-state index contributed by atoms with van der Waals surface area (Å²) in [6, 6.07) is 5.97. The summed E-state index contributed by atoms with van der Waals surface area (Å²) in [5, 5.41) is 3.03. The van der Waals surface area contributed by atoms with Gasteiger partial charge in [-0.1, -0.05) is 25.3 Å². The van der Waals surface area contributed by atoms with E-state index in [0.717, 1.165) is 31.4 Å². The predicted molar refractivity (Wildman–Crippen MR) is 102 cm³/mol. The van der Waals surface area contributed by atoms with E-state index in [4.69, 9.17) is 4.74 Å². The Morgan fingerprint density at radius 2 is 2.11 bits per heavy atom. The van der Waals surface area contributed by atoms with Crippen molar-refractivity contribution in [2.45, 2.75) is 57.7 Å². The van der Waals surface area contributed by atoms with E-state index in [1.807, 2.05) is 23.1 Å². The normalized spacial score (nSPS) is 20.9. The van der Waals surface area contributed by atoms with Crippen molar-refractivity contribution in [3.8, 4) is 0 Å². The van der Waals surface area contributed by atoms with Crippen molar-refractivity contribution in [2.75, 3.05) is 26.2 Å². The maximum atomic E-state index is 13.0. The third kappa shape index (κ3) is 5.66. The number of nitrogens with zero attached hydrogens (tertiary/aromatic N) is 3. The quantitative estimate of drug-likeness (QED) is 0.857. The number of pyridine rings is 1. The van der Waals surface area contributed by atoms with Gasteiger partial charge >= 0.3 is 6.03 Å². The van der Waals surface area contributed by atoms with Crippen LogP contribution in [0.1, 0.15) is 44.7 Å². The van der Waals surface area contributed by atoms with Crippen molar-refractivity contribution < 1.29 is 14.3 Å². The fourth-order valence-corrected chi connectivity index (χ4v) is 3.86. The van der Waals surface area contributed by atoms with Crippen molar-refractivity contribution in [3.63, 3.8) is 0 Å². The lowest BCUT2D eigenvalue weighted by Gasteiger charge is -2.36. The Kier molecular flexibility index (Phi) is 7.04. The number of rotatable bonds is 5. The molecule has 1 saturated heterocycles. The molecular weight excluding hydrogens is 344 g/mol. The monoisotopic (exact) mass is 374 g/mol. The van der Waals surface area contributed by atoms with Gasteiger partial charge < -0.3 is 19.9 Å². The number of ether oxygens (including phenoxy) is 1. The molecule has 0 spiro atoms. The molecule has 7 heteroatoms. The molecule has 27 heavy (non-hydrogen) atoms. The molecule has 1 aromatic rings. The van der Waals surface area contributed by atoms with Gasteiger partial charge in [0.05, 0.1) is 24.9 Å². The molecule has 2 fully saturated rings. The number of carbonyl (C=O) groups excluding carboxylic acids is 2. The van der Waals surface area contributed by atoms with Gasteiger partial charge in [-0.25, -0.2) is 4.79 Å². The van der Waals surface area contributed by atoms with E-state index in [1.165, 1.54) is 6.42 Å². The number of hydrogen-bond donors (Lipinski definition) is 1. The summed E-state index contributed by atoms with van der Waals surface area (Å²) in [5.41, 5.74) is 0.898. The molecule has 2 heterocycles. The molecule has 1 atom stereocenters. The highest BCUT2D eigenvalue weighted by atomic mass is 16.5. The number of urea groups is 1. The molecule has 148 valence electrons. The van der Waals surface area contributed by atoms with Crippen LogP contribution < -0.4 is 5.32 Å². The Morgan fingerprint density at radius 1 is 1.30 bits per heavy atom. The van der Waals surface area contributed by atoms with Crippen LogP contribution in [-0.2, 0) is 16.1 Å². The molecule has 3 amide bonds. The molecule has 1 saturated carbocycles. The summed E-state index contributed by atoms with van der Waals surface area (Å²) in [7, 11) is 0. The van der Waals surface area contributed by atoms with Crippen LogP contribution in [0.4, 0.5) is 4.79 Å². The van der Waals surface area contributed by atoms with Crippen LogP contribution >= 0.6 is 0 Å². The lowest BCUT2D eigenvalue weighted by atomic mass is 9.94. The zero-order valence-electron chi connectivity index (χ0n) is 16.1. The SMILES string of the molecule is CC(=O)N1CCO[C@@H](CNC(=O)N(Cc2ccccn2)C2CCCCC2)C1. The Balaban J connectivity index is 1.59. The molecule has 2 aliphatic rings. The molecule has 0 bridgehead atoms. The van der Waals surface area contributed by atoms with Crippen molar-refractivity contribution in [1.82, 2.24) is 20.1 Å². The van der Waals surface area contributed by atoms with Gasteiger partial charge in [-0.3, -0.25) is 9.78 Å². The standard InChI is InChI=1S/C20H30N4O3/c1-16(25)23-11-12-27-19(15-23)13-22-20(26)24(18-8-3-2-4-9-18)14-17-7-5-6-10-21-17/h5-7,10,18-19H,2-4,8-9,11-15H2,1H3,(H,22,26)/t19-/m0/s1. The Labute approximate surface area is 161 Å². The van der Waals surface area contributed by atoms with E-state index in [-0.39, 0.29) is 24.1 Å². The first-order valence-corrected chi connectivity index (χ1v) is 9.95. The molecule has 0 unspecified atom stereocenters. The first-order valence-electron chi connectivity index (χ1n) is 9.95. The summed E-state index contributed by atoms with van der Waals surface area (Å²) < 4.78 is 5.71. The second-order valence-corrected chi connectivity index (χ2v) is 7.38. The minimum absolute atomic E-state index is 0.0496. The van der Waals surface area contributed by atoms with Crippen molar-refractivity contribution in [2.24, 2.45) is 0 Å². The van der Waals surface area contributed by atoms with Gasteiger partial charge in [-0.15, -0.1) is 0 Å². The van der Waals surface area contributed by atoms with Crippen LogP contribution in [0, 0.1) is 0 Å². The first-order chi connectivity index (χ1) is 13.1. The molecule has 1 aliphatic heterocycles. The number of morpholine rings is 1. The van der Waals surface area contributed by atoms with E-state index < -0.39 is 0 Å². The first kappa shape index (κ1) is 19.6. The lowest BCUT2D eigenvalue weighted by Crippen LogP contribution is -2.52. The minimum atomic E-state index is -0.158. The van der Waals surface area contributed by atoms with E-state index in [2.05, 4.69) is 10.3 Å². The average molecular weight is 374 g/mol. The third-order valence-electron chi connectivity index (χ3n) is 5.40. The van der Waals surface area contributed by atoms with Gasteiger partial charge in [0.15, 0.2) is 0 Å². The number of hydrogen-bond acceptors (Lipinski definition) is 4. The van der Waals surface area contributed by atoms with E-state index >= 15 is 0 Å². The Morgan fingerprint density at radius 3 is 2.81 bits per heavy atom. The van der Waals surface area contributed by atoms with Gasteiger partial charge in [0, 0.05) is 38.8 Å². The number of amides is 3. The molecular formula is C20H30N4O3. The van der Waals surface area contributed by atoms with E-state index in [9.17, 15) is 9.59 Å². The smallest absolute Gasteiger partial charge is 0.318 e. The fraction of sp³-hybridized carbons (Fsp3) is 0.650. The van der Waals surface area contributed by atoms with Crippen LogP contribution in [0.5, 0.6) is 0 Å². The van der Waals surface area contributed by atoms with Crippen LogP contribution in [0.2, 0.25) is 0 Å². The Bertz CT molecular complexity index is 619. The third-order valence-corrected chi connectivity index (χ3v) is 5.40. The zero-order valence-corrected chi connectivity index (χ0v) is 16.1. The van der Waals surface area contributed by atoms with Gasteiger partial charge in [-0.05, 0) is 25.0 Å². The highest BCUT2D eigenvalue weighted by Crippen LogP contribution is 2.24.